The highest BCUT2D eigenvalue weighted by molar-refractivity contribution is 7.25. The second kappa shape index (κ2) is 13.9. The molecule has 0 radical (unpaired) electrons. The fourth-order valence-corrected chi connectivity index (χ4v) is 6.73. The van der Waals surface area contributed by atoms with Crippen molar-refractivity contribution in [3.63, 3.8) is 0 Å². The molecule has 0 amide bonds. The number of hydrogen-bond acceptors (Lipinski definition) is 3. The SMILES string of the molecule is CC.NN.c1ccc(-c2ccc(C(c3ccc(-c4ccccc4)cc3)c3cccc4sc5ccccc5c34)cc2)cc1. The van der Waals surface area contributed by atoms with Gasteiger partial charge in [-0.25, -0.2) is 0 Å². The Balaban J connectivity index is 0.000000847. The van der Waals surface area contributed by atoms with Crippen LogP contribution in [0.25, 0.3) is 42.4 Å². The Bertz CT molecular complexity index is 1760. The van der Waals surface area contributed by atoms with Crippen LogP contribution in [0.4, 0.5) is 0 Å². The second-order valence-electron chi connectivity index (χ2n) is 9.73. The van der Waals surface area contributed by atoms with Crippen molar-refractivity contribution in [1.82, 2.24) is 0 Å². The van der Waals surface area contributed by atoms with Gasteiger partial charge in [0.15, 0.2) is 0 Å². The summed E-state index contributed by atoms with van der Waals surface area (Å²) in [6, 6.07) is 55.1. The Labute approximate surface area is 252 Å². The number of hydrazine groups is 1. The van der Waals surface area contributed by atoms with E-state index in [1.54, 1.807) is 0 Å². The van der Waals surface area contributed by atoms with Crippen LogP contribution >= 0.6 is 11.3 Å². The van der Waals surface area contributed by atoms with Crippen molar-refractivity contribution in [1.29, 1.82) is 0 Å². The van der Waals surface area contributed by atoms with E-state index in [1.165, 1.54) is 59.1 Å². The molecular formula is C39H36N2S. The topological polar surface area (TPSA) is 52.0 Å². The average molecular weight is 565 g/mol. The molecule has 0 aliphatic rings. The van der Waals surface area contributed by atoms with Crippen LogP contribution in [0.15, 0.2) is 152 Å². The zero-order valence-electron chi connectivity index (χ0n) is 24.1. The van der Waals surface area contributed by atoms with Crippen LogP contribution in [-0.2, 0) is 0 Å². The summed E-state index contributed by atoms with van der Waals surface area (Å²) in [7, 11) is 0. The molecule has 3 heteroatoms. The monoisotopic (exact) mass is 564 g/mol. The van der Waals surface area contributed by atoms with E-state index in [0.717, 1.165) is 0 Å². The van der Waals surface area contributed by atoms with Crippen LogP contribution in [0, 0.1) is 0 Å². The molecule has 6 aromatic carbocycles. The molecule has 208 valence electrons. The summed E-state index contributed by atoms with van der Waals surface area (Å²) < 4.78 is 2.68. The first-order valence-electron chi connectivity index (χ1n) is 14.4. The Morgan fingerprint density at radius 1 is 0.429 bits per heavy atom. The van der Waals surface area contributed by atoms with E-state index in [4.69, 9.17) is 0 Å². The van der Waals surface area contributed by atoms with Gasteiger partial charge < -0.3 is 0 Å². The molecule has 0 fully saturated rings. The molecule has 0 saturated carbocycles. The van der Waals surface area contributed by atoms with E-state index in [0.29, 0.717) is 0 Å². The van der Waals surface area contributed by atoms with Gasteiger partial charge in [0.05, 0.1) is 0 Å². The van der Waals surface area contributed by atoms with Crippen molar-refractivity contribution in [2.45, 2.75) is 19.8 Å². The highest BCUT2D eigenvalue weighted by Gasteiger charge is 2.21. The summed E-state index contributed by atoms with van der Waals surface area (Å²) in [5, 5.41) is 2.72. The molecule has 42 heavy (non-hydrogen) atoms. The number of hydrogen-bond donors (Lipinski definition) is 2. The number of fused-ring (bicyclic) bond motifs is 3. The molecule has 0 unspecified atom stereocenters. The molecule has 0 bridgehead atoms. The number of thiophene rings is 1. The largest absolute Gasteiger partial charge is 0.274 e. The van der Waals surface area contributed by atoms with E-state index in [9.17, 15) is 0 Å². The quantitative estimate of drug-likeness (QED) is 0.124. The van der Waals surface area contributed by atoms with E-state index >= 15 is 0 Å². The summed E-state index contributed by atoms with van der Waals surface area (Å²) in [5.41, 5.74) is 8.95. The maximum atomic E-state index is 4.00. The Kier molecular flexibility index (Phi) is 9.58. The lowest BCUT2D eigenvalue weighted by Gasteiger charge is -2.21. The smallest absolute Gasteiger partial charge is 0.0358 e. The van der Waals surface area contributed by atoms with Crippen molar-refractivity contribution in [3.05, 3.63) is 168 Å². The molecule has 0 saturated heterocycles. The third-order valence-corrected chi connectivity index (χ3v) is 8.58. The first-order chi connectivity index (χ1) is 20.8. The molecule has 7 rings (SSSR count). The molecule has 2 nitrogen and oxygen atoms in total. The van der Waals surface area contributed by atoms with Crippen molar-refractivity contribution < 1.29 is 0 Å². The highest BCUT2D eigenvalue weighted by Crippen LogP contribution is 2.43. The van der Waals surface area contributed by atoms with Crippen LogP contribution in [0.5, 0.6) is 0 Å². The van der Waals surface area contributed by atoms with E-state index in [1.807, 2.05) is 25.2 Å². The summed E-state index contributed by atoms with van der Waals surface area (Å²) >= 11 is 1.88. The molecule has 0 spiro atoms. The van der Waals surface area contributed by atoms with Crippen molar-refractivity contribution in [2.24, 2.45) is 11.7 Å². The lowest BCUT2D eigenvalue weighted by molar-refractivity contribution is 0.991. The van der Waals surface area contributed by atoms with Crippen LogP contribution in [0.2, 0.25) is 0 Å². The fourth-order valence-electron chi connectivity index (χ4n) is 5.59. The van der Waals surface area contributed by atoms with Crippen molar-refractivity contribution in [2.75, 3.05) is 0 Å². The number of nitrogens with two attached hydrogens (primary N) is 2. The Hall–Kier alpha value is -4.54. The summed E-state index contributed by atoms with van der Waals surface area (Å²) in [6.45, 7) is 4.00. The zero-order valence-corrected chi connectivity index (χ0v) is 24.9. The highest BCUT2D eigenvalue weighted by atomic mass is 32.1. The minimum absolute atomic E-state index is 0.131. The summed E-state index contributed by atoms with van der Waals surface area (Å²) in [5.74, 6) is 8.13. The van der Waals surface area contributed by atoms with Gasteiger partial charge in [0.25, 0.3) is 0 Å². The molecule has 0 atom stereocenters. The van der Waals surface area contributed by atoms with E-state index < -0.39 is 0 Å². The summed E-state index contributed by atoms with van der Waals surface area (Å²) in [6.07, 6.45) is 0. The lowest BCUT2D eigenvalue weighted by atomic mass is 9.82. The standard InChI is InChI=1S/C37H26S.C2H6.H4N2/c1-3-10-26(11-4-1)28-18-22-30(23-19-28)36(31-24-20-29(21-25-31)27-12-5-2-6-13-27)33-15-9-17-35-37(33)32-14-7-8-16-34(32)38-35;2*1-2/h1-25,36H;1-2H3;1-2H2. The molecule has 1 aromatic heterocycles. The predicted molar refractivity (Wildman–Crippen MR) is 184 cm³/mol. The van der Waals surface area contributed by atoms with Crippen molar-refractivity contribution >= 4 is 31.5 Å². The second-order valence-corrected chi connectivity index (χ2v) is 10.8. The molecular weight excluding hydrogens is 529 g/mol. The first-order valence-corrected chi connectivity index (χ1v) is 15.2. The summed E-state index contributed by atoms with van der Waals surface area (Å²) in [4.78, 5) is 0. The normalized spacial score (nSPS) is 10.6. The van der Waals surface area contributed by atoms with Crippen LogP contribution in [-0.4, -0.2) is 0 Å². The van der Waals surface area contributed by atoms with Gasteiger partial charge in [-0.05, 0) is 51.1 Å². The van der Waals surface area contributed by atoms with Crippen LogP contribution < -0.4 is 11.7 Å². The van der Waals surface area contributed by atoms with Gasteiger partial charge in [0.2, 0.25) is 0 Å². The van der Waals surface area contributed by atoms with Crippen molar-refractivity contribution in [3.8, 4) is 22.3 Å². The number of benzene rings is 6. The minimum Gasteiger partial charge on any atom is -0.274 e. The van der Waals surface area contributed by atoms with Gasteiger partial charge in [-0.1, -0.05) is 153 Å². The van der Waals surface area contributed by atoms with Gasteiger partial charge in [-0.15, -0.1) is 11.3 Å². The van der Waals surface area contributed by atoms with Crippen LogP contribution in [0.1, 0.15) is 36.5 Å². The van der Waals surface area contributed by atoms with Gasteiger partial charge in [-0.2, -0.15) is 0 Å². The van der Waals surface area contributed by atoms with E-state index in [-0.39, 0.29) is 5.92 Å². The molecule has 4 N–H and O–H groups in total. The van der Waals surface area contributed by atoms with E-state index in [2.05, 4.69) is 163 Å². The van der Waals surface area contributed by atoms with Gasteiger partial charge >= 0.3 is 0 Å². The third-order valence-electron chi connectivity index (χ3n) is 7.45. The maximum absolute atomic E-state index is 4.00. The maximum Gasteiger partial charge on any atom is 0.0358 e. The molecule has 1 heterocycles. The molecule has 0 aliphatic carbocycles. The fraction of sp³-hybridized carbons (Fsp3) is 0.0769. The van der Waals surface area contributed by atoms with Gasteiger partial charge in [0, 0.05) is 26.1 Å². The predicted octanol–water partition coefficient (Wildman–Crippen LogP) is 10.4. The van der Waals surface area contributed by atoms with Crippen LogP contribution in [0.3, 0.4) is 0 Å². The minimum atomic E-state index is 0.131. The average Bonchev–Trinajstić information content (AvgIpc) is 3.48. The third kappa shape index (κ3) is 5.90. The molecule has 0 aliphatic heterocycles. The zero-order chi connectivity index (χ0) is 29.3. The lowest BCUT2D eigenvalue weighted by Crippen LogP contribution is -2.04. The molecule has 7 aromatic rings. The number of rotatable bonds is 5. The van der Waals surface area contributed by atoms with Gasteiger partial charge in [0.1, 0.15) is 0 Å². The Morgan fingerprint density at radius 3 is 1.38 bits per heavy atom. The first kappa shape index (κ1) is 29.0. The van der Waals surface area contributed by atoms with Gasteiger partial charge in [-0.3, -0.25) is 11.7 Å². The Morgan fingerprint density at radius 2 is 0.857 bits per heavy atom.